The first-order valence-electron chi connectivity index (χ1n) is 7.22. The molecule has 0 saturated heterocycles. The van der Waals surface area contributed by atoms with E-state index >= 15 is 0 Å². The fourth-order valence-electron chi connectivity index (χ4n) is 2.02. The number of carbonyl (C=O) groups excluding carboxylic acids is 1. The lowest BCUT2D eigenvalue weighted by molar-refractivity contribution is 0.243. The highest BCUT2D eigenvalue weighted by atomic mass is 32.2. The van der Waals surface area contributed by atoms with Crippen molar-refractivity contribution in [3.63, 3.8) is 0 Å². The summed E-state index contributed by atoms with van der Waals surface area (Å²) in [5.74, 6) is 0. The normalized spacial score (nSPS) is 11.5. The Morgan fingerprint density at radius 2 is 1.77 bits per heavy atom. The standard InChI is InChI=1S/C17H21N3OS/c1-13-8-10-16(11-9-13)19-22-20-17(21)18-14(2)12-15-6-4-3-5-7-15/h3-11,14,19H,12H2,1-2H3,(H2,18,20,21). The number of carbonyl (C=O) groups is 1. The molecule has 0 fully saturated rings. The lowest BCUT2D eigenvalue weighted by Crippen LogP contribution is -2.39. The van der Waals surface area contributed by atoms with Crippen LogP contribution in [0.2, 0.25) is 0 Å². The van der Waals surface area contributed by atoms with Gasteiger partial charge < -0.3 is 10.0 Å². The highest BCUT2D eigenvalue weighted by Crippen LogP contribution is 2.11. The summed E-state index contributed by atoms with van der Waals surface area (Å²) >= 11 is 1.16. The zero-order valence-corrected chi connectivity index (χ0v) is 13.6. The molecule has 0 radical (unpaired) electrons. The number of rotatable bonds is 6. The minimum absolute atomic E-state index is 0.0716. The van der Waals surface area contributed by atoms with Crippen LogP contribution in [-0.4, -0.2) is 12.1 Å². The van der Waals surface area contributed by atoms with Crippen LogP contribution in [0.4, 0.5) is 10.5 Å². The number of anilines is 1. The quantitative estimate of drug-likeness (QED) is 0.709. The van der Waals surface area contributed by atoms with Crippen molar-refractivity contribution in [3.8, 4) is 0 Å². The summed E-state index contributed by atoms with van der Waals surface area (Å²) in [6.45, 7) is 4.03. The summed E-state index contributed by atoms with van der Waals surface area (Å²) in [6.07, 6.45) is 0.810. The van der Waals surface area contributed by atoms with E-state index in [0.717, 1.165) is 24.2 Å². The fourth-order valence-corrected chi connectivity index (χ4v) is 2.48. The van der Waals surface area contributed by atoms with E-state index in [9.17, 15) is 4.79 Å². The second kappa shape index (κ2) is 8.34. The molecule has 1 unspecified atom stereocenters. The number of nitrogens with one attached hydrogen (secondary N) is 3. The molecule has 0 aliphatic carbocycles. The van der Waals surface area contributed by atoms with Crippen LogP contribution >= 0.6 is 12.1 Å². The van der Waals surface area contributed by atoms with Crippen molar-refractivity contribution in [1.82, 2.24) is 10.0 Å². The van der Waals surface area contributed by atoms with E-state index < -0.39 is 0 Å². The molecule has 0 aliphatic heterocycles. The second-order valence-electron chi connectivity index (χ2n) is 5.24. The van der Waals surface area contributed by atoms with E-state index in [-0.39, 0.29) is 12.1 Å². The van der Waals surface area contributed by atoms with Gasteiger partial charge in [-0.15, -0.1) is 0 Å². The minimum Gasteiger partial charge on any atom is -0.335 e. The molecule has 1 atom stereocenters. The van der Waals surface area contributed by atoms with Crippen LogP contribution in [0.25, 0.3) is 0 Å². The lowest BCUT2D eigenvalue weighted by atomic mass is 10.1. The van der Waals surface area contributed by atoms with E-state index in [0.29, 0.717) is 0 Å². The summed E-state index contributed by atoms with van der Waals surface area (Å²) in [4.78, 5) is 11.8. The number of aryl methyl sites for hydroxylation is 1. The van der Waals surface area contributed by atoms with E-state index in [1.54, 1.807) is 0 Å². The molecule has 0 aliphatic rings. The molecule has 22 heavy (non-hydrogen) atoms. The van der Waals surface area contributed by atoms with Crippen molar-refractivity contribution < 1.29 is 4.79 Å². The maximum atomic E-state index is 11.8. The van der Waals surface area contributed by atoms with E-state index in [1.165, 1.54) is 11.1 Å². The third-order valence-corrected chi connectivity index (χ3v) is 3.75. The predicted molar refractivity (Wildman–Crippen MR) is 93.7 cm³/mol. The maximum absolute atomic E-state index is 11.8. The Kier molecular flexibility index (Phi) is 6.15. The van der Waals surface area contributed by atoms with Gasteiger partial charge in [-0.25, -0.2) is 4.79 Å². The molecule has 0 spiro atoms. The van der Waals surface area contributed by atoms with Crippen LogP contribution in [0.3, 0.4) is 0 Å². The van der Waals surface area contributed by atoms with Gasteiger partial charge in [0, 0.05) is 11.7 Å². The SMILES string of the molecule is Cc1ccc(NSNC(=O)NC(C)Cc2ccccc2)cc1. The minimum atomic E-state index is -0.201. The third-order valence-electron chi connectivity index (χ3n) is 3.13. The molecule has 2 aromatic carbocycles. The van der Waals surface area contributed by atoms with Crippen LogP contribution in [0.1, 0.15) is 18.1 Å². The van der Waals surface area contributed by atoms with Gasteiger partial charge >= 0.3 is 6.03 Å². The van der Waals surface area contributed by atoms with Crippen molar-refractivity contribution >= 4 is 23.9 Å². The zero-order chi connectivity index (χ0) is 15.8. The lowest BCUT2D eigenvalue weighted by Gasteiger charge is -2.14. The molecule has 2 aromatic rings. The van der Waals surface area contributed by atoms with Gasteiger partial charge in [-0.3, -0.25) is 4.72 Å². The van der Waals surface area contributed by atoms with Gasteiger partial charge in [0.25, 0.3) is 0 Å². The first-order chi connectivity index (χ1) is 10.6. The van der Waals surface area contributed by atoms with E-state index in [4.69, 9.17) is 0 Å². The van der Waals surface area contributed by atoms with E-state index in [2.05, 4.69) is 26.9 Å². The Hall–Kier alpha value is -2.14. The molecule has 4 nitrogen and oxygen atoms in total. The Morgan fingerprint density at radius 1 is 1.09 bits per heavy atom. The Labute approximate surface area is 136 Å². The van der Waals surface area contributed by atoms with Gasteiger partial charge in [0.05, 0.1) is 12.1 Å². The largest absolute Gasteiger partial charge is 0.335 e. The van der Waals surface area contributed by atoms with Crippen LogP contribution in [0, 0.1) is 6.92 Å². The number of urea groups is 1. The van der Waals surface area contributed by atoms with Crippen molar-refractivity contribution in [2.24, 2.45) is 0 Å². The monoisotopic (exact) mass is 315 g/mol. The number of hydrogen-bond donors (Lipinski definition) is 3. The van der Waals surface area contributed by atoms with Crippen LogP contribution < -0.4 is 14.8 Å². The first kappa shape index (κ1) is 16.2. The van der Waals surface area contributed by atoms with Crippen LogP contribution in [-0.2, 0) is 6.42 Å². The number of amides is 2. The average molecular weight is 315 g/mol. The Morgan fingerprint density at radius 3 is 2.45 bits per heavy atom. The Balaban J connectivity index is 1.68. The molecule has 0 aromatic heterocycles. The van der Waals surface area contributed by atoms with Crippen molar-refractivity contribution in [2.75, 3.05) is 4.72 Å². The molecule has 2 rings (SSSR count). The first-order valence-corrected chi connectivity index (χ1v) is 8.04. The van der Waals surface area contributed by atoms with Crippen molar-refractivity contribution in [1.29, 1.82) is 0 Å². The van der Waals surface area contributed by atoms with Gasteiger partial charge in [0.2, 0.25) is 0 Å². The Bertz CT molecular complexity index is 587. The van der Waals surface area contributed by atoms with Gasteiger partial charge in [-0.1, -0.05) is 48.0 Å². The summed E-state index contributed by atoms with van der Waals surface area (Å²) in [7, 11) is 0. The molecule has 2 amide bonds. The summed E-state index contributed by atoms with van der Waals surface area (Å²) in [5.41, 5.74) is 3.37. The molecule has 5 heteroatoms. The molecule has 0 bridgehead atoms. The smallest absolute Gasteiger partial charge is 0.326 e. The molecule has 0 heterocycles. The van der Waals surface area contributed by atoms with Gasteiger partial charge in [-0.2, -0.15) is 0 Å². The zero-order valence-electron chi connectivity index (χ0n) is 12.8. The molecule has 0 saturated carbocycles. The van der Waals surface area contributed by atoms with Crippen LogP contribution in [0.15, 0.2) is 54.6 Å². The topological polar surface area (TPSA) is 53.2 Å². The fraction of sp³-hybridized carbons (Fsp3) is 0.235. The summed E-state index contributed by atoms with van der Waals surface area (Å²) < 4.78 is 5.79. The number of hydrogen-bond acceptors (Lipinski definition) is 3. The summed E-state index contributed by atoms with van der Waals surface area (Å²) in [5, 5.41) is 2.91. The highest BCUT2D eigenvalue weighted by Gasteiger charge is 2.07. The molecule has 116 valence electrons. The molecule has 3 N–H and O–H groups in total. The third kappa shape index (κ3) is 5.69. The highest BCUT2D eigenvalue weighted by molar-refractivity contribution is 7.99. The predicted octanol–water partition coefficient (Wildman–Crippen LogP) is 3.90. The van der Waals surface area contributed by atoms with E-state index in [1.807, 2.05) is 56.3 Å². The average Bonchev–Trinajstić information content (AvgIpc) is 2.50. The summed E-state index contributed by atoms with van der Waals surface area (Å²) in [6, 6.07) is 18.0. The van der Waals surface area contributed by atoms with Gasteiger partial charge in [0.1, 0.15) is 0 Å². The van der Waals surface area contributed by atoms with Crippen molar-refractivity contribution in [2.45, 2.75) is 26.3 Å². The molecular formula is C17H21N3OS. The van der Waals surface area contributed by atoms with Gasteiger partial charge in [0.15, 0.2) is 0 Å². The molecular weight excluding hydrogens is 294 g/mol. The van der Waals surface area contributed by atoms with Crippen molar-refractivity contribution in [3.05, 3.63) is 65.7 Å². The van der Waals surface area contributed by atoms with Crippen LogP contribution in [0.5, 0.6) is 0 Å². The van der Waals surface area contributed by atoms with Gasteiger partial charge in [-0.05, 0) is 38.0 Å². The number of benzene rings is 2. The second-order valence-corrected chi connectivity index (χ2v) is 5.85. The maximum Gasteiger partial charge on any atom is 0.326 e.